The van der Waals surface area contributed by atoms with Gasteiger partial charge in [-0.15, -0.1) is 5.10 Å². The Balaban J connectivity index is 1.77. The first-order valence-corrected chi connectivity index (χ1v) is 11.4. The van der Waals surface area contributed by atoms with Gasteiger partial charge in [0, 0.05) is 29.5 Å². The molecular weight excluding hydrogens is 410 g/mol. The number of benzene rings is 1. The van der Waals surface area contributed by atoms with Crippen molar-refractivity contribution in [1.29, 1.82) is 0 Å². The van der Waals surface area contributed by atoms with Gasteiger partial charge in [0.2, 0.25) is 5.91 Å². The molecule has 1 saturated carbocycles. The molecule has 0 saturated heterocycles. The summed E-state index contributed by atoms with van der Waals surface area (Å²) < 4.78 is 3.84. The van der Waals surface area contributed by atoms with E-state index in [0.717, 1.165) is 49.2 Å². The second-order valence-corrected chi connectivity index (χ2v) is 8.27. The molecule has 7 nitrogen and oxygen atoms in total. The maximum Gasteiger partial charge on any atom is 0.280 e. The van der Waals surface area contributed by atoms with Crippen molar-refractivity contribution in [3.8, 4) is 0 Å². The summed E-state index contributed by atoms with van der Waals surface area (Å²) in [5, 5.41) is 8.74. The van der Waals surface area contributed by atoms with Crippen LogP contribution in [0.5, 0.6) is 0 Å². The molecule has 0 radical (unpaired) electrons. The van der Waals surface area contributed by atoms with Gasteiger partial charge in [0.25, 0.3) is 5.91 Å². The van der Waals surface area contributed by atoms with Gasteiger partial charge < -0.3 is 5.32 Å². The number of aryl methyl sites for hydroxylation is 1. The van der Waals surface area contributed by atoms with Crippen molar-refractivity contribution < 1.29 is 9.59 Å². The Kier molecular flexibility index (Phi) is 6.66. The number of nitrogens with zero attached hydrogens (tertiary/aromatic N) is 4. The number of nitrogens with one attached hydrogen (secondary N) is 1. The number of carbonyl (C=O) groups excluding carboxylic acids is 2. The molecule has 1 aromatic carbocycles. The number of hydrogen-bond acceptors (Lipinski definition) is 6. The summed E-state index contributed by atoms with van der Waals surface area (Å²) in [6, 6.07) is 10.6. The molecule has 0 unspecified atom stereocenters. The van der Waals surface area contributed by atoms with Crippen LogP contribution >= 0.6 is 11.5 Å². The van der Waals surface area contributed by atoms with Crippen molar-refractivity contribution in [2.75, 3.05) is 4.90 Å². The minimum atomic E-state index is -0.842. The maximum absolute atomic E-state index is 13.6. The molecule has 1 aliphatic carbocycles. The summed E-state index contributed by atoms with van der Waals surface area (Å²) in [4.78, 5) is 32.7. The van der Waals surface area contributed by atoms with Crippen LogP contribution < -0.4 is 10.2 Å². The normalized spacial score (nSPS) is 14.9. The molecule has 2 amide bonds. The fourth-order valence-electron chi connectivity index (χ4n) is 3.97. The van der Waals surface area contributed by atoms with E-state index in [-0.39, 0.29) is 23.6 Å². The lowest BCUT2D eigenvalue weighted by Gasteiger charge is -2.31. The predicted molar refractivity (Wildman–Crippen MR) is 120 cm³/mol. The van der Waals surface area contributed by atoms with Crippen molar-refractivity contribution in [3.63, 3.8) is 0 Å². The van der Waals surface area contributed by atoms with Gasteiger partial charge >= 0.3 is 0 Å². The molecule has 2 heterocycles. The number of carbonyl (C=O) groups is 2. The van der Waals surface area contributed by atoms with Crippen molar-refractivity contribution in [2.45, 2.75) is 51.1 Å². The number of rotatable bonds is 7. The Labute approximate surface area is 185 Å². The standard InChI is InChI=1S/C23H25N5O2S/c1-2-16-7-9-19(10-8-16)28(23(30)20-15-31-27-26-20)21(17-11-13-24-14-12-17)22(29)25-18-5-3-4-6-18/h7-15,18,21H,2-6H2,1H3,(H,25,29)/t21-/m1/s1. The molecule has 1 atom stereocenters. The third-order valence-corrected chi connectivity index (χ3v) is 6.16. The maximum atomic E-state index is 13.6. The minimum Gasteiger partial charge on any atom is -0.351 e. The van der Waals surface area contributed by atoms with Crippen molar-refractivity contribution >= 4 is 29.0 Å². The first kappa shape index (κ1) is 21.1. The second kappa shape index (κ2) is 9.78. The van der Waals surface area contributed by atoms with Crippen LogP contribution in [-0.4, -0.2) is 32.4 Å². The molecule has 4 rings (SSSR count). The van der Waals surface area contributed by atoms with Crippen LogP contribution in [0.15, 0.2) is 54.2 Å². The van der Waals surface area contributed by atoms with Crippen LogP contribution in [0.25, 0.3) is 0 Å². The number of pyridine rings is 1. The van der Waals surface area contributed by atoms with Crippen molar-refractivity contribution in [2.24, 2.45) is 0 Å². The Hall–Kier alpha value is -3.13. The largest absolute Gasteiger partial charge is 0.351 e. The van der Waals surface area contributed by atoms with Crippen molar-refractivity contribution in [1.82, 2.24) is 19.9 Å². The monoisotopic (exact) mass is 435 g/mol. The Bertz CT molecular complexity index is 1000. The van der Waals surface area contributed by atoms with E-state index in [2.05, 4.69) is 26.8 Å². The average molecular weight is 436 g/mol. The molecule has 1 aliphatic rings. The first-order chi connectivity index (χ1) is 15.2. The highest BCUT2D eigenvalue weighted by Gasteiger charge is 2.35. The number of amides is 2. The highest BCUT2D eigenvalue weighted by atomic mass is 32.1. The fraction of sp³-hybridized carbons (Fsp3) is 0.348. The third kappa shape index (κ3) is 4.80. The molecule has 0 aliphatic heterocycles. The number of hydrogen-bond donors (Lipinski definition) is 1. The summed E-state index contributed by atoms with van der Waals surface area (Å²) in [6.45, 7) is 2.08. The first-order valence-electron chi connectivity index (χ1n) is 10.6. The van der Waals surface area contributed by atoms with Gasteiger partial charge in [0.1, 0.15) is 6.04 Å². The SMILES string of the molecule is CCc1ccc(N(C(=O)c2csnn2)[C@@H](C(=O)NC2CCCC2)c2ccncc2)cc1. The average Bonchev–Trinajstić information content (AvgIpc) is 3.52. The molecule has 160 valence electrons. The summed E-state index contributed by atoms with van der Waals surface area (Å²) in [5.41, 5.74) is 2.71. The Morgan fingerprint density at radius 2 is 1.84 bits per heavy atom. The van der Waals surface area contributed by atoms with Gasteiger partial charge in [-0.1, -0.05) is 36.4 Å². The fourth-order valence-corrected chi connectivity index (χ4v) is 4.40. The number of anilines is 1. The smallest absolute Gasteiger partial charge is 0.280 e. The molecule has 1 N–H and O–H groups in total. The van der Waals surface area contributed by atoms with Gasteiger partial charge in [-0.25, -0.2) is 0 Å². The lowest BCUT2D eigenvalue weighted by Crippen LogP contribution is -2.46. The van der Waals surface area contributed by atoms with Gasteiger partial charge in [0.05, 0.1) is 0 Å². The Morgan fingerprint density at radius 1 is 1.13 bits per heavy atom. The van der Waals surface area contributed by atoms with Gasteiger partial charge in [0.15, 0.2) is 5.69 Å². The van der Waals surface area contributed by atoms with E-state index in [1.807, 2.05) is 24.3 Å². The van der Waals surface area contributed by atoms with E-state index in [4.69, 9.17) is 0 Å². The van der Waals surface area contributed by atoms with E-state index in [9.17, 15) is 9.59 Å². The molecular formula is C23H25N5O2S. The van der Waals surface area contributed by atoms with Crippen LogP contribution in [0.2, 0.25) is 0 Å². The quantitative estimate of drug-likeness (QED) is 0.607. The molecule has 8 heteroatoms. The third-order valence-electron chi connectivity index (χ3n) is 5.65. The highest BCUT2D eigenvalue weighted by molar-refractivity contribution is 7.03. The van der Waals surface area contributed by atoms with E-state index in [1.54, 1.807) is 29.9 Å². The van der Waals surface area contributed by atoms with Gasteiger partial charge in [-0.05, 0) is 66.2 Å². The highest BCUT2D eigenvalue weighted by Crippen LogP contribution is 2.30. The van der Waals surface area contributed by atoms with Crippen LogP contribution in [0.3, 0.4) is 0 Å². The van der Waals surface area contributed by atoms with Gasteiger partial charge in [-0.3, -0.25) is 19.5 Å². The summed E-state index contributed by atoms with van der Waals surface area (Å²) in [5.74, 6) is -0.560. The van der Waals surface area contributed by atoms with Crippen molar-refractivity contribution in [3.05, 3.63) is 71.0 Å². The second-order valence-electron chi connectivity index (χ2n) is 7.66. The summed E-state index contributed by atoms with van der Waals surface area (Å²) in [6.07, 6.45) is 8.30. The van der Waals surface area contributed by atoms with E-state index in [1.165, 1.54) is 4.90 Å². The molecule has 31 heavy (non-hydrogen) atoms. The van der Waals surface area contributed by atoms with E-state index in [0.29, 0.717) is 11.3 Å². The summed E-state index contributed by atoms with van der Waals surface area (Å²) in [7, 11) is 0. The summed E-state index contributed by atoms with van der Waals surface area (Å²) >= 11 is 1.11. The van der Waals surface area contributed by atoms with E-state index < -0.39 is 6.04 Å². The van der Waals surface area contributed by atoms with Gasteiger partial charge in [-0.2, -0.15) is 0 Å². The molecule has 2 aromatic heterocycles. The molecule has 3 aromatic rings. The van der Waals surface area contributed by atoms with Crippen LogP contribution in [0, 0.1) is 0 Å². The Morgan fingerprint density at radius 3 is 2.45 bits per heavy atom. The zero-order valence-corrected chi connectivity index (χ0v) is 18.2. The topological polar surface area (TPSA) is 88.1 Å². The lowest BCUT2D eigenvalue weighted by molar-refractivity contribution is -0.123. The van der Waals surface area contributed by atoms with Crippen LogP contribution in [0.1, 0.15) is 60.3 Å². The molecule has 1 fully saturated rings. The molecule has 0 spiro atoms. The van der Waals surface area contributed by atoms with Crippen LogP contribution in [-0.2, 0) is 11.2 Å². The zero-order chi connectivity index (χ0) is 21.6. The lowest BCUT2D eigenvalue weighted by atomic mass is 10.0. The zero-order valence-electron chi connectivity index (χ0n) is 17.4. The number of aromatic nitrogens is 3. The minimum absolute atomic E-state index is 0.136. The van der Waals surface area contributed by atoms with Crippen LogP contribution in [0.4, 0.5) is 5.69 Å². The molecule has 0 bridgehead atoms. The van der Waals surface area contributed by atoms with E-state index >= 15 is 0 Å². The predicted octanol–water partition coefficient (Wildman–Crippen LogP) is 3.94.